The molecule has 0 N–H and O–H groups in total. The van der Waals surface area contributed by atoms with Crippen LogP contribution >= 0.6 is 0 Å². The maximum Gasteiger partial charge on any atom is 0.309 e. The smallest absolute Gasteiger partial charge is 0.309 e. The lowest BCUT2D eigenvalue weighted by molar-refractivity contribution is -0.132. The average molecular weight is 423 g/mol. The van der Waals surface area contributed by atoms with Crippen LogP contribution in [-0.4, -0.2) is 20.3 Å². The number of carbonyl (C=O) groups excluding carboxylic acids is 1. The molecular weight excluding hydrogens is 402 g/mol. The van der Waals surface area contributed by atoms with E-state index in [-0.39, 0.29) is 0 Å². The second-order valence-corrected chi connectivity index (χ2v) is 7.51. The largest absolute Gasteiger partial charge is 0.469 e. The highest BCUT2D eigenvalue weighted by Crippen LogP contribution is 2.29. The van der Waals surface area contributed by atoms with Crippen molar-refractivity contribution >= 4 is 11.6 Å². The van der Waals surface area contributed by atoms with E-state index in [2.05, 4.69) is 12.1 Å². The Kier molecular flexibility index (Phi) is 5.25. The van der Waals surface area contributed by atoms with Gasteiger partial charge < -0.3 is 9.15 Å². The first-order valence-electron chi connectivity index (χ1n) is 10.4. The Balaban J connectivity index is 1.72. The first kappa shape index (κ1) is 19.8. The predicted octanol–water partition coefficient (Wildman–Crippen LogP) is 5.10. The summed E-state index contributed by atoms with van der Waals surface area (Å²) in [6.07, 6.45) is 4.49. The Labute approximate surface area is 185 Å². The number of esters is 1. The van der Waals surface area contributed by atoms with Gasteiger partial charge in [0.2, 0.25) is 5.88 Å². The van der Waals surface area contributed by atoms with Gasteiger partial charge in [-0.15, -0.1) is 0 Å². The van der Waals surface area contributed by atoms with Gasteiger partial charge in [0.25, 0.3) is 0 Å². The minimum Gasteiger partial charge on any atom is -0.469 e. The zero-order valence-electron chi connectivity index (χ0n) is 17.6. The van der Waals surface area contributed by atoms with Crippen LogP contribution in [0.4, 0.5) is 0 Å². The molecular formula is C26H21N3O3. The molecule has 0 unspecified atom stereocenters. The average Bonchev–Trinajstić information content (AvgIpc) is 3.44. The number of imidazole rings is 1. The third-order valence-corrected chi connectivity index (χ3v) is 5.15. The van der Waals surface area contributed by atoms with Gasteiger partial charge >= 0.3 is 5.97 Å². The topological polar surface area (TPSA) is 69.6 Å². The highest BCUT2D eigenvalue weighted by molar-refractivity contribution is 5.70. The lowest BCUT2D eigenvalue weighted by atomic mass is 10.1. The molecule has 0 aliphatic heterocycles. The van der Waals surface area contributed by atoms with Gasteiger partial charge in [-0.1, -0.05) is 60.7 Å². The molecule has 3 heterocycles. The molecule has 0 atom stereocenters. The van der Waals surface area contributed by atoms with Crippen molar-refractivity contribution in [3.8, 4) is 17.1 Å². The van der Waals surface area contributed by atoms with E-state index in [0.29, 0.717) is 30.1 Å². The third-order valence-electron chi connectivity index (χ3n) is 5.15. The van der Waals surface area contributed by atoms with Crippen LogP contribution in [0.3, 0.4) is 0 Å². The summed E-state index contributed by atoms with van der Waals surface area (Å²) >= 11 is 0. The minimum absolute atomic E-state index is 0.387. The number of aromatic nitrogens is 3. The van der Waals surface area contributed by atoms with E-state index in [0.717, 1.165) is 28.3 Å². The first-order valence-corrected chi connectivity index (χ1v) is 10.4. The SMILES string of the molecule is CC(=O)Oc1c(Cc2ccco2)nc2c(Cc3ccccc3)nc(-c3ccccc3)cn12. The van der Waals surface area contributed by atoms with Gasteiger partial charge in [-0.05, 0) is 17.7 Å². The van der Waals surface area contributed by atoms with Gasteiger partial charge in [-0.25, -0.2) is 9.97 Å². The summed E-state index contributed by atoms with van der Waals surface area (Å²) < 4.78 is 13.0. The van der Waals surface area contributed by atoms with E-state index in [1.807, 2.05) is 71.3 Å². The van der Waals surface area contributed by atoms with Gasteiger partial charge in [0, 0.05) is 25.1 Å². The number of furan rings is 1. The van der Waals surface area contributed by atoms with Crippen LogP contribution in [0.25, 0.3) is 16.9 Å². The van der Waals surface area contributed by atoms with Crippen molar-refractivity contribution in [2.75, 3.05) is 0 Å². The Morgan fingerprint density at radius 3 is 2.34 bits per heavy atom. The van der Waals surface area contributed by atoms with Crippen LogP contribution in [0, 0.1) is 0 Å². The lowest BCUT2D eigenvalue weighted by Gasteiger charge is -2.10. The van der Waals surface area contributed by atoms with E-state index in [1.165, 1.54) is 6.92 Å². The van der Waals surface area contributed by atoms with Crippen molar-refractivity contribution in [3.05, 3.63) is 108 Å². The second-order valence-electron chi connectivity index (χ2n) is 7.51. The van der Waals surface area contributed by atoms with Crippen molar-refractivity contribution in [2.45, 2.75) is 19.8 Å². The number of benzene rings is 2. The summed E-state index contributed by atoms with van der Waals surface area (Å²) in [6, 6.07) is 23.8. The fourth-order valence-electron chi connectivity index (χ4n) is 3.73. The number of hydrogen-bond donors (Lipinski definition) is 0. The zero-order valence-corrected chi connectivity index (χ0v) is 17.6. The number of rotatable bonds is 6. The monoisotopic (exact) mass is 423 g/mol. The summed E-state index contributed by atoms with van der Waals surface area (Å²) in [6.45, 7) is 1.39. The summed E-state index contributed by atoms with van der Waals surface area (Å²) in [7, 11) is 0. The number of nitrogens with zero attached hydrogens (tertiary/aromatic N) is 3. The molecule has 158 valence electrons. The molecule has 6 nitrogen and oxygen atoms in total. The molecule has 0 amide bonds. The molecule has 0 bridgehead atoms. The second kappa shape index (κ2) is 8.51. The van der Waals surface area contributed by atoms with Gasteiger partial charge in [0.15, 0.2) is 5.65 Å². The summed E-state index contributed by atoms with van der Waals surface area (Å²) in [4.78, 5) is 21.7. The molecule has 0 spiro atoms. The lowest BCUT2D eigenvalue weighted by Crippen LogP contribution is -2.07. The molecule has 0 saturated heterocycles. The number of carbonyl (C=O) groups is 1. The fraction of sp³-hybridized carbons (Fsp3) is 0.115. The highest BCUT2D eigenvalue weighted by Gasteiger charge is 2.21. The minimum atomic E-state index is -0.407. The van der Waals surface area contributed by atoms with E-state index < -0.39 is 5.97 Å². The molecule has 32 heavy (non-hydrogen) atoms. The Morgan fingerprint density at radius 2 is 1.66 bits per heavy atom. The van der Waals surface area contributed by atoms with Crippen molar-refractivity contribution in [1.29, 1.82) is 0 Å². The molecule has 0 saturated carbocycles. The van der Waals surface area contributed by atoms with Crippen molar-refractivity contribution in [1.82, 2.24) is 14.4 Å². The Morgan fingerprint density at radius 1 is 0.906 bits per heavy atom. The Hall–Kier alpha value is -4.19. The van der Waals surface area contributed by atoms with Crippen molar-refractivity contribution in [3.63, 3.8) is 0 Å². The number of ether oxygens (including phenoxy) is 1. The first-order chi connectivity index (χ1) is 15.7. The molecule has 0 aliphatic carbocycles. The normalized spacial score (nSPS) is 11.0. The third kappa shape index (κ3) is 4.03. The number of hydrogen-bond acceptors (Lipinski definition) is 5. The molecule has 6 heteroatoms. The molecule has 5 aromatic rings. The van der Waals surface area contributed by atoms with E-state index in [1.54, 1.807) is 6.26 Å². The maximum absolute atomic E-state index is 11.9. The standard InChI is InChI=1S/C26H21N3O3/c1-18(30)32-26-23(16-21-13-8-14-31-21)28-25-22(15-19-9-4-2-5-10-19)27-24(17-29(25)26)20-11-6-3-7-12-20/h2-14,17H,15-16H2,1H3. The molecule has 2 aromatic carbocycles. The predicted molar refractivity (Wildman–Crippen MR) is 120 cm³/mol. The van der Waals surface area contributed by atoms with Crippen LogP contribution in [0.5, 0.6) is 5.88 Å². The molecule has 0 aliphatic rings. The van der Waals surface area contributed by atoms with Gasteiger partial charge in [-0.3, -0.25) is 9.20 Å². The molecule has 0 radical (unpaired) electrons. The summed E-state index contributed by atoms with van der Waals surface area (Å²) in [5.74, 6) is 0.718. The quantitative estimate of drug-likeness (QED) is 0.356. The van der Waals surface area contributed by atoms with Crippen molar-refractivity contribution in [2.24, 2.45) is 0 Å². The van der Waals surface area contributed by atoms with Crippen LogP contribution < -0.4 is 4.74 Å². The van der Waals surface area contributed by atoms with E-state index in [9.17, 15) is 4.79 Å². The highest BCUT2D eigenvalue weighted by atomic mass is 16.5. The van der Waals surface area contributed by atoms with E-state index >= 15 is 0 Å². The Bertz CT molecular complexity index is 1360. The van der Waals surface area contributed by atoms with Gasteiger partial charge in [0.1, 0.15) is 11.5 Å². The van der Waals surface area contributed by atoms with Gasteiger partial charge in [0.05, 0.1) is 24.1 Å². The number of fused-ring (bicyclic) bond motifs is 1. The molecule has 3 aromatic heterocycles. The summed E-state index contributed by atoms with van der Waals surface area (Å²) in [5.41, 5.74) is 4.95. The van der Waals surface area contributed by atoms with Crippen LogP contribution in [0.2, 0.25) is 0 Å². The van der Waals surface area contributed by atoms with Crippen LogP contribution in [0.15, 0.2) is 89.7 Å². The fourth-order valence-corrected chi connectivity index (χ4v) is 3.73. The van der Waals surface area contributed by atoms with Gasteiger partial charge in [-0.2, -0.15) is 0 Å². The van der Waals surface area contributed by atoms with E-state index in [4.69, 9.17) is 19.1 Å². The van der Waals surface area contributed by atoms with Crippen molar-refractivity contribution < 1.29 is 13.9 Å². The molecule has 0 fully saturated rings. The molecule has 5 rings (SSSR count). The zero-order chi connectivity index (χ0) is 21.9. The van der Waals surface area contributed by atoms with Crippen LogP contribution in [0.1, 0.15) is 29.6 Å². The van der Waals surface area contributed by atoms with Crippen LogP contribution in [-0.2, 0) is 17.6 Å². The maximum atomic E-state index is 11.9. The summed E-state index contributed by atoms with van der Waals surface area (Å²) in [5, 5.41) is 0.